The Labute approximate surface area is 163 Å². The summed E-state index contributed by atoms with van der Waals surface area (Å²) < 4.78 is 1.10. The number of nitrogens with two attached hydrogens (primary N) is 1. The van der Waals surface area contributed by atoms with Crippen LogP contribution in [0.2, 0.25) is 0 Å². The van der Waals surface area contributed by atoms with E-state index >= 15 is 0 Å². The number of aromatic nitrogens is 1. The van der Waals surface area contributed by atoms with Gasteiger partial charge in [0.25, 0.3) is 0 Å². The van der Waals surface area contributed by atoms with Crippen LogP contribution >= 0.6 is 62.6 Å². The number of thiazole rings is 1. The van der Waals surface area contributed by atoms with E-state index in [0.717, 1.165) is 35.8 Å². The molecular weight excluding hydrogens is 497 g/mol. The second kappa shape index (κ2) is 8.46. The van der Waals surface area contributed by atoms with Gasteiger partial charge in [0, 0.05) is 52.5 Å². The van der Waals surface area contributed by atoms with Crippen molar-refractivity contribution in [3.63, 3.8) is 0 Å². The molecule has 2 aromatic heterocycles. The lowest BCUT2D eigenvalue weighted by molar-refractivity contribution is 0.380. The molecule has 5 nitrogen and oxygen atoms in total. The number of piperazine rings is 1. The lowest BCUT2D eigenvalue weighted by Crippen LogP contribution is -2.51. The SMILES string of the molecule is I.NC(=NCc1cc(Br)cs1)N1CCN(c2nccs2)CC1. The van der Waals surface area contributed by atoms with Gasteiger partial charge in [0.2, 0.25) is 0 Å². The molecule has 0 aliphatic carbocycles. The predicted octanol–water partition coefficient (Wildman–Crippen LogP) is 3.22. The lowest BCUT2D eigenvalue weighted by atomic mass is 10.3. The van der Waals surface area contributed by atoms with Crippen molar-refractivity contribution in [3.05, 3.63) is 32.4 Å². The summed E-state index contributed by atoms with van der Waals surface area (Å²) in [4.78, 5) is 14.5. The average Bonchev–Trinajstić information content (AvgIpc) is 3.16. The zero-order chi connectivity index (χ0) is 14.7. The molecule has 22 heavy (non-hydrogen) atoms. The van der Waals surface area contributed by atoms with Gasteiger partial charge in [0.15, 0.2) is 11.1 Å². The topological polar surface area (TPSA) is 57.8 Å². The number of aliphatic imine (C=N–C) groups is 1. The van der Waals surface area contributed by atoms with Crippen LogP contribution in [0.1, 0.15) is 4.88 Å². The van der Waals surface area contributed by atoms with Gasteiger partial charge < -0.3 is 15.5 Å². The van der Waals surface area contributed by atoms with Gasteiger partial charge in [0.1, 0.15) is 0 Å². The standard InChI is InChI=1S/C13H16BrN5S2.HI/c14-10-7-11(21-9-10)8-17-12(15)18-2-4-19(5-3-18)13-16-1-6-20-13;/h1,6-7,9H,2-5,8H2,(H2,15,17);1H. The molecule has 2 N–H and O–H groups in total. The summed E-state index contributed by atoms with van der Waals surface area (Å²) in [5.74, 6) is 0.637. The second-order valence-electron chi connectivity index (χ2n) is 4.69. The maximum Gasteiger partial charge on any atom is 0.191 e. The third kappa shape index (κ3) is 4.56. The largest absolute Gasteiger partial charge is 0.370 e. The van der Waals surface area contributed by atoms with Crippen molar-refractivity contribution in [3.8, 4) is 0 Å². The van der Waals surface area contributed by atoms with Crippen molar-refractivity contribution in [1.82, 2.24) is 9.88 Å². The third-order valence-electron chi connectivity index (χ3n) is 3.31. The molecule has 3 heterocycles. The number of rotatable bonds is 3. The van der Waals surface area contributed by atoms with Gasteiger partial charge >= 0.3 is 0 Å². The summed E-state index contributed by atoms with van der Waals surface area (Å²) in [5, 5.41) is 5.17. The highest BCUT2D eigenvalue weighted by molar-refractivity contribution is 14.0. The van der Waals surface area contributed by atoms with Crippen LogP contribution in [0.5, 0.6) is 0 Å². The normalized spacial score (nSPS) is 15.8. The highest BCUT2D eigenvalue weighted by Crippen LogP contribution is 2.21. The summed E-state index contributed by atoms with van der Waals surface area (Å²) in [6, 6.07) is 2.09. The molecule has 0 bridgehead atoms. The number of hydrogen-bond donors (Lipinski definition) is 1. The fourth-order valence-electron chi connectivity index (χ4n) is 2.19. The van der Waals surface area contributed by atoms with Crippen molar-refractivity contribution < 1.29 is 0 Å². The Morgan fingerprint density at radius 1 is 1.32 bits per heavy atom. The number of guanidine groups is 1. The monoisotopic (exact) mass is 513 g/mol. The summed E-state index contributed by atoms with van der Waals surface area (Å²) in [5.41, 5.74) is 6.10. The Hall–Kier alpha value is -0.390. The van der Waals surface area contributed by atoms with E-state index in [2.05, 4.69) is 47.2 Å². The van der Waals surface area contributed by atoms with Crippen LogP contribution in [-0.4, -0.2) is 42.0 Å². The van der Waals surface area contributed by atoms with Gasteiger partial charge in [-0.05, 0) is 22.0 Å². The van der Waals surface area contributed by atoms with Crippen molar-refractivity contribution in [1.29, 1.82) is 0 Å². The quantitative estimate of drug-likeness (QED) is 0.389. The van der Waals surface area contributed by atoms with E-state index in [4.69, 9.17) is 5.73 Å². The van der Waals surface area contributed by atoms with E-state index in [1.165, 1.54) is 4.88 Å². The van der Waals surface area contributed by atoms with E-state index < -0.39 is 0 Å². The minimum atomic E-state index is 0. The molecule has 1 aliphatic rings. The summed E-state index contributed by atoms with van der Waals surface area (Å²) >= 11 is 6.83. The van der Waals surface area contributed by atoms with Gasteiger partial charge in [-0.25, -0.2) is 9.98 Å². The Morgan fingerprint density at radius 2 is 2.09 bits per heavy atom. The van der Waals surface area contributed by atoms with Crippen molar-refractivity contribution in [2.45, 2.75) is 6.54 Å². The van der Waals surface area contributed by atoms with E-state index in [1.807, 2.05) is 11.6 Å². The Bertz CT molecular complexity index is 608. The van der Waals surface area contributed by atoms with Gasteiger partial charge in [0.05, 0.1) is 6.54 Å². The first kappa shape index (κ1) is 18.0. The van der Waals surface area contributed by atoms with Gasteiger partial charge in [-0.3, -0.25) is 0 Å². The van der Waals surface area contributed by atoms with Crippen molar-refractivity contribution >= 4 is 73.7 Å². The second-order valence-corrected chi connectivity index (χ2v) is 7.48. The molecule has 0 atom stereocenters. The molecule has 2 aromatic rings. The lowest BCUT2D eigenvalue weighted by Gasteiger charge is -2.35. The molecule has 1 saturated heterocycles. The minimum Gasteiger partial charge on any atom is -0.370 e. The molecule has 3 rings (SSSR count). The van der Waals surface area contributed by atoms with E-state index in [1.54, 1.807) is 22.7 Å². The zero-order valence-electron chi connectivity index (χ0n) is 11.8. The Kier molecular flexibility index (Phi) is 6.90. The molecule has 0 saturated carbocycles. The molecule has 0 aromatic carbocycles. The first-order valence-electron chi connectivity index (χ1n) is 6.64. The Balaban J connectivity index is 0.00000176. The van der Waals surface area contributed by atoms with Crippen LogP contribution in [0.3, 0.4) is 0 Å². The van der Waals surface area contributed by atoms with Crippen LogP contribution in [-0.2, 0) is 6.54 Å². The molecule has 9 heteroatoms. The molecule has 1 aliphatic heterocycles. The van der Waals surface area contributed by atoms with Crippen LogP contribution < -0.4 is 10.6 Å². The summed E-state index contributed by atoms with van der Waals surface area (Å²) in [7, 11) is 0. The molecule has 0 unspecified atom stereocenters. The number of halogens is 2. The summed E-state index contributed by atoms with van der Waals surface area (Å²) in [6.07, 6.45) is 1.85. The van der Waals surface area contributed by atoms with Crippen molar-refractivity contribution in [2.24, 2.45) is 10.7 Å². The molecule has 0 spiro atoms. The summed E-state index contributed by atoms with van der Waals surface area (Å²) in [6.45, 7) is 4.31. The number of anilines is 1. The average molecular weight is 514 g/mol. The Morgan fingerprint density at radius 3 is 2.68 bits per heavy atom. The number of nitrogens with zero attached hydrogens (tertiary/aromatic N) is 4. The van der Waals surface area contributed by atoms with E-state index in [-0.39, 0.29) is 24.0 Å². The fourth-order valence-corrected chi connectivity index (χ4v) is 4.27. The van der Waals surface area contributed by atoms with Gasteiger partial charge in [-0.15, -0.1) is 46.7 Å². The smallest absolute Gasteiger partial charge is 0.191 e. The predicted molar refractivity (Wildman–Crippen MR) is 109 cm³/mol. The highest BCUT2D eigenvalue weighted by Gasteiger charge is 2.19. The molecular formula is C13H17BrIN5S2. The van der Waals surface area contributed by atoms with Crippen LogP contribution in [0, 0.1) is 0 Å². The molecule has 0 amide bonds. The molecule has 0 radical (unpaired) electrons. The van der Waals surface area contributed by atoms with E-state index in [9.17, 15) is 0 Å². The highest BCUT2D eigenvalue weighted by atomic mass is 127. The van der Waals surface area contributed by atoms with Crippen LogP contribution in [0.4, 0.5) is 5.13 Å². The number of thiophene rings is 1. The zero-order valence-corrected chi connectivity index (χ0v) is 17.4. The van der Waals surface area contributed by atoms with Gasteiger partial charge in [-0.2, -0.15) is 0 Å². The van der Waals surface area contributed by atoms with Gasteiger partial charge in [-0.1, -0.05) is 0 Å². The first-order chi connectivity index (χ1) is 10.2. The van der Waals surface area contributed by atoms with E-state index in [0.29, 0.717) is 12.5 Å². The number of hydrogen-bond acceptors (Lipinski definition) is 5. The minimum absolute atomic E-state index is 0. The molecule has 120 valence electrons. The fraction of sp³-hybridized carbons (Fsp3) is 0.385. The van der Waals surface area contributed by atoms with Crippen LogP contribution in [0.15, 0.2) is 32.5 Å². The maximum absolute atomic E-state index is 6.10. The molecule has 1 fully saturated rings. The van der Waals surface area contributed by atoms with Crippen molar-refractivity contribution in [2.75, 3.05) is 31.1 Å². The maximum atomic E-state index is 6.10. The third-order valence-corrected chi connectivity index (χ3v) is 5.83. The first-order valence-corrected chi connectivity index (χ1v) is 9.20. The van der Waals surface area contributed by atoms with Crippen LogP contribution in [0.25, 0.3) is 0 Å².